The van der Waals surface area contributed by atoms with E-state index in [1.54, 1.807) is 20.8 Å². The number of piperidine rings is 1. The van der Waals surface area contributed by atoms with Gasteiger partial charge in [0.2, 0.25) is 0 Å². The number of rotatable bonds is 3. The van der Waals surface area contributed by atoms with Crippen molar-refractivity contribution in [2.24, 2.45) is 11.1 Å². The molecule has 0 aromatic heterocycles. The normalized spacial score (nSPS) is 17.0. The number of nitrogens with one attached hydrogen (secondary N) is 1. The van der Waals surface area contributed by atoms with E-state index in [9.17, 15) is 9.59 Å². The number of ether oxygens (including phenoxy) is 1. The Morgan fingerprint density at radius 3 is 2.37 bits per heavy atom. The van der Waals surface area contributed by atoms with Crippen molar-refractivity contribution in [2.75, 3.05) is 19.8 Å². The predicted molar refractivity (Wildman–Crippen MR) is 68.8 cm³/mol. The van der Waals surface area contributed by atoms with Crippen molar-refractivity contribution in [2.45, 2.75) is 39.7 Å². The van der Waals surface area contributed by atoms with E-state index < -0.39 is 17.4 Å². The quantitative estimate of drug-likeness (QED) is 0.580. The lowest BCUT2D eigenvalue weighted by atomic mass is 9.98. The molecule has 0 aliphatic carbocycles. The molecule has 1 aliphatic heterocycles. The van der Waals surface area contributed by atoms with E-state index in [0.29, 0.717) is 0 Å². The molecule has 7 heteroatoms. The molecule has 19 heavy (non-hydrogen) atoms. The lowest BCUT2D eigenvalue weighted by Gasteiger charge is -2.27. The number of nitrogens with two attached hydrogens (primary N) is 1. The van der Waals surface area contributed by atoms with E-state index in [1.165, 1.54) is 0 Å². The summed E-state index contributed by atoms with van der Waals surface area (Å²) in [5, 5.41) is 3.97. The Bertz CT molecular complexity index is 321. The summed E-state index contributed by atoms with van der Waals surface area (Å²) in [6, 6.07) is -0.841. The van der Waals surface area contributed by atoms with Crippen LogP contribution in [-0.4, -0.2) is 43.0 Å². The summed E-state index contributed by atoms with van der Waals surface area (Å²) < 4.78 is 5.53. The molecule has 110 valence electrons. The summed E-state index contributed by atoms with van der Waals surface area (Å²) in [4.78, 5) is 27.9. The molecule has 0 bridgehead atoms. The van der Waals surface area contributed by atoms with Gasteiger partial charge in [-0.1, -0.05) is 0 Å². The Hall–Kier alpha value is -1.34. The van der Waals surface area contributed by atoms with Crippen LogP contribution >= 0.6 is 0 Å². The van der Waals surface area contributed by atoms with Gasteiger partial charge in [-0.05, 0) is 46.7 Å². The second-order valence-electron chi connectivity index (χ2n) is 5.59. The van der Waals surface area contributed by atoms with Crippen LogP contribution in [0.1, 0.15) is 33.6 Å². The standard InChI is InChI=1S/C12H23N3O4/c1-12(2,3)10(16)19-15(11(13)17)8-18-9-4-6-14-7-5-9/h9,14H,4-8H2,1-3H3,(H2,13,17). The van der Waals surface area contributed by atoms with Crippen molar-refractivity contribution in [1.82, 2.24) is 10.4 Å². The van der Waals surface area contributed by atoms with E-state index in [-0.39, 0.29) is 12.8 Å². The van der Waals surface area contributed by atoms with Crippen LogP contribution < -0.4 is 11.1 Å². The number of urea groups is 1. The third-order valence-electron chi connectivity index (χ3n) is 2.76. The summed E-state index contributed by atoms with van der Waals surface area (Å²) >= 11 is 0. The minimum atomic E-state index is -0.841. The molecule has 0 unspecified atom stereocenters. The van der Waals surface area contributed by atoms with E-state index in [2.05, 4.69) is 5.32 Å². The zero-order chi connectivity index (χ0) is 14.5. The van der Waals surface area contributed by atoms with Crippen LogP contribution in [0, 0.1) is 5.41 Å². The maximum absolute atomic E-state index is 11.7. The van der Waals surface area contributed by atoms with Gasteiger partial charge in [0.1, 0.15) is 0 Å². The smallest absolute Gasteiger partial charge is 0.350 e. The van der Waals surface area contributed by atoms with Gasteiger partial charge in [-0.25, -0.2) is 9.59 Å². The van der Waals surface area contributed by atoms with Crippen LogP contribution in [0.5, 0.6) is 0 Å². The predicted octanol–water partition coefficient (Wildman–Crippen LogP) is 0.598. The minimum Gasteiger partial charge on any atom is -0.354 e. The Kier molecular flexibility index (Phi) is 5.56. The largest absolute Gasteiger partial charge is 0.354 e. The number of amides is 2. The summed E-state index contributed by atoms with van der Waals surface area (Å²) in [7, 11) is 0. The lowest BCUT2D eigenvalue weighted by Crippen LogP contribution is -2.43. The average molecular weight is 273 g/mol. The molecule has 0 atom stereocenters. The molecular formula is C12H23N3O4. The number of nitrogens with zero attached hydrogens (tertiary/aromatic N) is 1. The van der Waals surface area contributed by atoms with Crippen LogP contribution in [0.4, 0.5) is 4.79 Å². The highest BCUT2D eigenvalue weighted by Crippen LogP contribution is 2.16. The lowest BCUT2D eigenvalue weighted by molar-refractivity contribution is -0.206. The van der Waals surface area contributed by atoms with Gasteiger partial charge in [-0.15, -0.1) is 5.06 Å². The SMILES string of the molecule is CC(C)(C)C(=O)ON(COC1CCNCC1)C(N)=O. The number of carbonyl (C=O) groups excluding carboxylic acids is 2. The third-order valence-corrected chi connectivity index (χ3v) is 2.76. The first-order chi connectivity index (χ1) is 8.80. The summed E-state index contributed by atoms with van der Waals surface area (Å²) in [5.41, 5.74) is 4.46. The van der Waals surface area contributed by atoms with Gasteiger partial charge >= 0.3 is 12.0 Å². The first-order valence-electron chi connectivity index (χ1n) is 6.42. The summed E-state index contributed by atoms with van der Waals surface area (Å²) in [6.07, 6.45) is 1.77. The highest BCUT2D eigenvalue weighted by molar-refractivity contribution is 5.78. The Morgan fingerprint density at radius 2 is 1.89 bits per heavy atom. The Labute approximate surface area is 113 Å². The van der Waals surface area contributed by atoms with Crippen LogP contribution in [0.15, 0.2) is 0 Å². The fourth-order valence-corrected chi connectivity index (χ4v) is 1.51. The van der Waals surface area contributed by atoms with Gasteiger partial charge in [0.25, 0.3) is 0 Å². The second kappa shape index (κ2) is 6.72. The van der Waals surface area contributed by atoms with Crippen molar-refractivity contribution in [3.63, 3.8) is 0 Å². The van der Waals surface area contributed by atoms with Crippen molar-refractivity contribution in [3.05, 3.63) is 0 Å². The molecular weight excluding hydrogens is 250 g/mol. The van der Waals surface area contributed by atoms with Gasteiger partial charge in [-0.3, -0.25) is 0 Å². The number of primary amides is 1. The van der Waals surface area contributed by atoms with Gasteiger partial charge in [0, 0.05) is 0 Å². The van der Waals surface area contributed by atoms with E-state index >= 15 is 0 Å². The molecule has 7 nitrogen and oxygen atoms in total. The Morgan fingerprint density at radius 1 is 1.32 bits per heavy atom. The molecule has 0 spiro atoms. The van der Waals surface area contributed by atoms with Gasteiger partial charge in [-0.2, -0.15) is 0 Å². The molecule has 0 saturated carbocycles. The number of hydrogen-bond donors (Lipinski definition) is 2. The molecule has 1 fully saturated rings. The topological polar surface area (TPSA) is 93.9 Å². The monoisotopic (exact) mass is 273 g/mol. The average Bonchev–Trinajstić information content (AvgIpc) is 2.33. The molecule has 2 amide bonds. The summed E-state index contributed by atoms with van der Waals surface area (Å²) in [5.74, 6) is -0.528. The van der Waals surface area contributed by atoms with Gasteiger partial charge < -0.3 is 20.6 Å². The van der Waals surface area contributed by atoms with Crippen LogP contribution in [0.2, 0.25) is 0 Å². The Balaban J connectivity index is 2.44. The molecule has 1 heterocycles. The number of hydroxylamine groups is 2. The molecule has 1 saturated heterocycles. The zero-order valence-corrected chi connectivity index (χ0v) is 11.8. The van der Waals surface area contributed by atoms with E-state index in [4.69, 9.17) is 15.3 Å². The first kappa shape index (κ1) is 15.7. The number of carbonyl (C=O) groups is 2. The maximum Gasteiger partial charge on any atom is 0.350 e. The van der Waals surface area contributed by atoms with E-state index in [0.717, 1.165) is 31.0 Å². The fourth-order valence-electron chi connectivity index (χ4n) is 1.51. The second-order valence-corrected chi connectivity index (χ2v) is 5.59. The summed E-state index contributed by atoms with van der Waals surface area (Å²) in [6.45, 7) is 6.71. The third kappa shape index (κ3) is 5.44. The molecule has 0 aromatic rings. The van der Waals surface area contributed by atoms with Gasteiger partial charge in [0.15, 0.2) is 6.73 Å². The maximum atomic E-state index is 11.7. The molecule has 0 radical (unpaired) electrons. The molecule has 1 aliphatic rings. The zero-order valence-electron chi connectivity index (χ0n) is 11.8. The molecule has 1 rings (SSSR count). The van der Waals surface area contributed by atoms with Crippen molar-refractivity contribution >= 4 is 12.0 Å². The van der Waals surface area contributed by atoms with Crippen molar-refractivity contribution in [3.8, 4) is 0 Å². The molecule has 3 N–H and O–H groups in total. The van der Waals surface area contributed by atoms with Crippen molar-refractivity contribution in [1.29, 1.82) is 0 Å². The molecule has 0 aromatic carbocycles. The van der Waals surface area contributed by atoms with Crippen molar-refractivity contribution < 1.29 is 19.2 Å². The highest BCUT2D eigenvalue weighted by atomic mass is 16.7. The number of hydrogen-bond acceptors (Lipinski definition) is 5. The first-order valence-corrected chi connectivity index (χ1v) is 6.42. The minimum absolute atomic E-state index is 0.0523. The van der Waals surface area contributed by atoms with E-state index in [1.807, 2.05) is 0 Å². The van der Waals surface area contributed by atoms with Crippen LogP contribution in [-0.2, 0) is 14.4 Å². The van der Waals surface area contributed by atoms with Crippen LogP contribution in [0.25, 0.3) is 0 Å². The highest BCUT2D eigenvalue weighted by Gasteiger charge is 2.28. The fraction of sp³-hybridized carbons (Fsp3) is 0.833. The van der Waals surface area contributed by atoms with Crippen LogP contribution in [0.3, 0.4) is 0 Å². The van der Waals surface area contributed by atoms with Gasteiger partial charge in [0.05, 0.1) is 11.5 Å².